The Morgan fingerprint density at radius 1 is 1.16 bits per heavy atom. The summed E-state index contributed by atoms with van der Waals surface area (Å²) in [7, 11) is -0.817. The average molecular weight is 385 g/mol. The van der Waals surface area contributed by atoms with E-state index in [9.17, 15) is 13.2 Å². The van der Waals surface area contributed by atoms with E-state index in [-0.39, 0.29) is 17.4 Å². The smallest absolute Gasteiger partial charge is 0.261 e. The van der Waals surface area contributed by atoms with E-state index in [1.165, 1.54) is 44.5 Å². The number of carbonyl (C=O) groups excluding carboxylic acids is 1. The monoisotopic (exact) mass is 384 g/mol. The lowest BCUT2D eigenvalue weighted by molar-refractivity contribution is -0.122. The molecule has 0 saturated carbocycles. The first kappa shape index (κ1) is 18.9. The maximum Gasteiger partial charge on any atom is 0.261 e. The maximum absolute atomic E-state index is 12.4. The van der Waals surface area contributed by atoms with Crippen LogP contribution in [0.3, 0.4) is 0 Å². The van der Waals surface area contributed by atoms with Gasteiger partial charge in [0.1, 0.15) is 11.5 Å². The van der Waals surface area contributed by atoms with Crippen molar-refractivity contribution >= 4 is 33.2 Å². The van der Waals surface area contributed by atoms with Gasteiger partial charge in [-0.25, -0.2) is 8.42 Å². The zero-order valence-corrected chi connectivity index (χ0v) is 15.1. The van der Waals surface area contributed by atoms with Gasteiger partial charge in [-0.1, -0.05) is 11.6 Å². The van der Waals surface area contributed by atoms with Crippen molar-refractivity contribution in [2.75, 3.05) is 25.5 Å². The fourth-order valence-corrected chi connectivity index (χ4v) is 3.19. The summed E-state index contributed by atoms with van der Waals surface area (Å²) in [5, 5.41) is 2.71. The lowest BCUT2D eigenvalue weighted by Gasteiger charge is -2.11. The van der Waals surface area contributed by atoms with E-state index in [2.05, 4.69) is 10.0 Å². The van der Waals surface area contributed by atoms with Crippen molar-refractivity contribution in [1.29, 1.82) is 0 Å². The van der Waals surface area contributed by atoms with Gasteiger partial charge < -0.3 is 14.8 Å². The number of methoxy groups -OCH3 is 1. The van der Waals surface area contributed by atoms with Crippen molar-refractivity contribution in [3.05, 3.63) is 47.5 Å². The van der Waals surface area contributed by atoms with Crippen molar-refractivity contribution in [3.63, 3.8) is 0 Å². The maximum atomic E-state index is 12.4. The van der Waals surface area contributed by atoms with Crippen molar-refractivity contribution in [3.8, 4) is 11.5 Å². The molecule has 0 radical (unpaired) electrons. The lowest BCUT2D eigenvalue weighted by Crippen LogP contribution is -2.24. The zero-order chi connectivity index (χ0) is 18.4. The Balaban J connectivity index is 2.11. The number of amides is 1. The third-order valence-electron chi connectivity index (χ3n) is 3.19. The van der Waals surface area contributed by atoms with Gasteiger partial charge in [0.25, 0.3) is 15.9 Å². The van der Waals surface area contributed by atoms with Crippen LogP contribution >= 0.6 is 11.6 Å². The SMILES string of the molecule is CNC(=O)COc1ccc(S(=O)(=O)Nc2ccc(OC)c(Cl)c2)cc1. The highest BCUT2D eigenvalue weighted by molar-refractivity contribution is 7.92. The summed E-state index contributed by atoms with van der Waals surface area (Å²) >= 11 is 5.99. The van der Waals surface area contributed by atoms with Gasteiger partial charge in [-0.15, -0.1) is 0 Å². The van der Waals surface area contributed by atoms with Crippen LogP contribution in [0.25, 0.3) is 0 Å². The topological polar surface area (TPSA) is 93.7 Å². The van der Waals surface area contributed by atoms with E-state index in [0.717, 1.165) is 0 Å². The third-order valence-corrected chi connectivity index (χ3v) is 4.88. The predicted octanol–water partition coefficient (Wildman–Crippen LogP) is 2.27. The van der Waals surface area contributed by atoms with Crippen LogP contribution in [0.5, 0.6) is 11.5 Å². The van der Waals surface area contributed by atoms with Crippen molar-refractivity contribution in [2.24, 2.45) is 0 Å². The Kier molecular flexibility index (Phi) is 6.11. The Morgan fingerprint density at radius 2 is 1.84 bits per heavy atom. The van der Waals surface area contributed by atoms with Crippen LogP contribution in [0.2, 0.25) is 5.02 Å². The molecule has 0 atom stereocenters. The number of rotatable bonds is 7. The minimum atomic E-state index is -3.79. The normalized spacial score (nSPS) is 10.8. The number of sulfonamides is 1. The summed E-state index contributed by atoms with van der Waals surface area (Å²) in [6, 6.07) is 10.3. The van der Waals surface area contributed by atoms with Gasteiger partial charge in [-0.2, -0.15) is 0 Å². The van der Waals surface area contributed by atoms with E-state index < -0.39 is 10.0 Å². The molecule has 0 bridgehead atoms. The number of likely N-dealkylation sites (N-methyl/N-ethyl adjacent to an activating group) is 1. The van der Waals surface area contributed by atoms with E-state index in [4.69, 9.17) is 21.1 Å². The highest BCUT2D eigenvalue weighted by atomic mass is 35.5. The van der Waals surface area contributed by atoms with Gasteiger partial charge in [-0.05, 0) is 42.5 Å². The fourth-order valence-electron chi connectivity index (χ4n) is 1.88. The Hall–Kier alpha value is -2.45. The Morgan fingerprint density at radius 3 is 2.40 bits per heavy atom. The number of ether oxygens (including phenoxy) is 2. The molecule has 0 unspecified atom stereocenters. The van der Waals surface area contributed by atoms with Crippen molar-refractivity contribution < 1.29 is 22.7 Å². The molecule has 134 valence electrons. The molecule has 0 aliphatic heterocycles. The van der Waals surface area contributed by atoms with Gasteiger partial charge in [0, 0.05) is 7.05 Å². The molecule has 2 N–H and O–H groups in total. The molecule has 25 heavy (non-hydrogen) atoms. The number of benzene rings is 2. The van der Waals surface area contributed by atoms with Crippen LogP contribution in [0.4, 0.5) is 5.69 Å². The molecule has 7 nitrogen and oxygen atoms in total. The van der Waals surface area contributed by atoms with Crippen molar-refractivity contribution in [2.45, 2.75) is 4.90 Å². The molecule has 0 saturated heterocycles. The number of nitrogens with one attached hydrogen (secondary N) is 2. The van der Waals surface area contributed by atoms with Crippen molar-refractivity contribution in [1.82, 2.24) is 5.32 Å². The molecule has 0 aliphatic rings. The molecule has 2 aromatic carbocycles. The lowest BCUT2D eigenvalue weighted by atomic mass is 10.3. The van der Waals surface area contributed by atoms with Gasteiger partial charge in [0.15, 0.2) is 6.61 Å². The van der Waals surface area contributed by atoms with Crippen LogP contribution in [0.1, 0.15) is 0 Å². The number of carbonyl (C=O) groups is 1. The molecule has 1 amide bonds. The first-order valence-electron chi connectivity index (χ1n) is 7.15. The molecule has 0 aromatic heterocycles. The predicted molar refractivity (Wildman–Crippen MR) is 94.8 cm³/mol. The zero-order valence-electron chi connectivity index (χ0n) is 13.6. The van der Waals surface area contributed by atoms with E-state index in [1.807, 2.05) is 0 Å². The quantitative estimate of drug-likeness (QED) is 0.763. The minimum Gasteiger partial charge on any atom is -0.495 e. The molecule has 0 heterocycles. The molecule has 2 rings (SSSR count). The van der Waals surface area contributed by atoms with Crippen LogP contribution in [0.15, 0.2) is 47.4 Å². The highest BCUT2D eigenvalue weighted by Crippen LogP contribution is 2.28. The van der Waals surface area contributed by atoms with Crippen LogP contribution < -0.4 is 19.5 Å². The Bertz CT molecular complexity index is 853. The third kappa shape index (κ3) is 5.01. The first-order valence-corrected chi connectivity index (χ1v) is 9.01. The average Bonchev–Trinajstić information content (AvgIpc) is 2.60. The summed E-state index contributed by atoms with van der Waals surface area (Å²) in [6.45, 7) is -0.148. The number of hydrogen-bond donors (Lipinski definition) is 2. The van der Waals surface area contributed by atoms with Gasteiger partial charge in [0.2, 0.25) is 0 Å². The minimum absolute atomic E-state index is 0.0479. The largest absolute Gasteiger partial charge is 0.495 e. The molecule has 0 fully saturated rings. The second kappa shape index (κ2) is 8.09. The first-order chi connectivity index (χ1) is 11.9. The summed E-state index contributed by atoms with van der Waals surface area (Å²) in [6.07, 6.45) is 0. The Labute approximate surface area is 151 Å². The number of anilines is 1. The molecular weight excluding hydrogens is 368 g/mol. The van der Waals surface area contributed by atoms with Crippen LogP contribution in [0, 0.1) is 0 Å². The summed E-state index contributed by atoms with van der Waals surface area (Å²) in [5.41, 5.74) is 0.311. The van der Waals surface area contributed by atoms with E-state index in [1.54, 1.807) is 12.1 Å². The molecule has 0 spiro atoms. The summed E-state index contributed by atoms with van der Waals surface area (Å²) in [5.74, 6) is 0.548. The molecule has 0 aliphatic carbocycles. The fraction of sp³-hybridized carbons (Fsp3) is 0.188. The van der Waals surface area contributed by atoms with E-state index in [0.29, 0.717) is 22.2 Å². The molecular formula is C16H17ClN2O5S. The van der Waals surface area contributed by atoms with Crippen LogP contribution in [-0.4, -0.2) is 35.1 Å². The van der Waals surface area contributed by atoms with Gasteiger partial charge in [-0.3, -0.25) is 9.52 Å². The second-order valence-electron chi connectivity index (χ2n) is 4.89. The number of hydrogen-bond acceptors (Lipinski definition) is 5. The summed E-state index contributed by atoms with van der Waals surface area (Å²) < 4.78 is 37.5. The molecule has 2 aromatic rings. The summed E-state index contributed by atoms with van der Waals surface area (Å²) in [4.78, 5) is 11.2. The van der Waals surface area contributed by atoms with Gasteiger partial charge in [0.05, 0.1) is 22.7 Å². The standard InChI is InChI=1S/C16H17ClN2O5S/c1-18-16(20)10-24-12-4-6-13(7-5-12)25(21,22)19-11-3-8-15(23-2)14(17)9-11/h3-9,19H,10H2,1-2H3,(H,18,20). The van der Waals surface area contributed by atoms with Crippen LogP contribution in [-0.2, 0) is 14.8 Å². The second-order valence-corrected chi connectivity index (χ2v) is 6.98. The van der Waals surface area contributed by atoms with Gasteiger partial charge >= 0.3 is 0 Å². The molecule has 9 heteroatoms. The van der Waals surface area contributed by atoms with E-state index >= 15 is 0 Å². The highest BCUT2D eigenvalue weighted by Gasteiger charge is 2.15. The number of halogens is 1.